The van der Waals surface area contributed by atoms with E-state index >= 15 is 0 Å². The van der Waals surface area contributed by atoms with E-state index in [4.69, 9.17) is 0 Å². The minimum atomic E-state index is -3.54. The summed E-state index contributed by atoms with van der Waals surface area (Å²) in [6.07, 6.45) is 1.97. The van der Waals surface area contributed by atoms with Crippen LogP contribution in [0.5, 0.6) is 0 Å². The Labute approximate surface area is 140 Å². The van der Waals surface area contributed by atoms with E-state index in [1.54, 1.807) is 26.0 Å². The summed E-state index contributed by atoms with van der Waals surface area (Å²) in [4.78, 5) is 12.3. The average molecular weight is 340 g/mol. The van der Waals surface area contributed by atoms with Crippen molar-refractivity contribution < 1.29 is 13.2 Å². The number of benzene rings is 1. The first-order chi connectivity index (χ1) is 10.8. The van der Waals surface area contributed by atoms with E-state index in [9.17, 15) is 13.2 Å². The lowest BCUT2D eigenvalue weighted by molar-refractivity contribution is 0.0952. The number of carbonyl (C=O) groups is 1. The predicted molar refractivity (Wildman–Crippen MR) is 93.0 cm³/mol. The zero-order chi connectivity index (χ0) is 17.5. The molecule has 1 N–H and O–H groups in total. The summed E-state index contributed by atoms with van der Waals surface area (Å²) in [5.74, 6) is 0.375. The van der Waals surface area contributed by atoms with Crippen molar-refractivity contribution in [3.8, 4) is 0 Å². The molecule has 0 aliphatic heterocycles. The molecule has 0 heterocycles. The van der Waals surface area contributed by atoms with Crippen molar-refractivity contribution in [2.75, 3.05) is 19.6 Å². The van der Waals surface area contributed by atoms with E-state index < -0.39 is 10.0 Å². The Hall–Kier alpha value is -1.40. The van der Waals surface area contributed by atoms with Gasteiger partial charge in [-0.05, 0) is 37.0 Å². The Balaban J connectivity index is 2.82. The molecule has 130 valence electrons. The molecule has 0 aliphatic rings. The quantitative estimate of drug-likeness (QED) is 0.703. The number of amides is 1. The molecule has 0 bridgehead atoms. The molecule has 1 aromatic carbocycles. The third-order valence-corrected chi connectivity index (χ3v) is 5.73. The molecule has 1 amide bonds. The minimum absolute atomic E-state index is 0.163. The van der Waals surface area contributed by atoms with Gasteiger partial charge in [0.15, 0.2) is 0 Å². The topological polar surface area (TPSA) is 66.5 Å². The standard InChI is InChI=1S/C17H28N2O3S/c1-5-19(6-2)23(21,22)16-11-7-10-15(13-16)17(20)18-12-8-9-14(3)4/h7,10-11,13-14H,5-6,8-9,12H2,1-4H3,(H,18,20). The molecule has 0 radical (unpaired) electrons. The minimum Gasteiger partial charge on any atom is -0.352 e. The normalized spacial score (nSPS) is 11.9. The molecule has 6 heteroatoms. The largest absolute Gasteiger partial charge is 0.352 e. The molecule has 1 rings (SSSR count). The van der Waals surface area contributed by atoms with Gasteiger partial charge in [0.1, 0.15) is 0 Å². The number of nitrogens with zero attached hydrogens (tertiary/aromatic N) is 1. The van der Waals surface area contributed by atoms with Gasteiger partial charge in [-0.25, -0.2) is 8.42 Å². The molecule has 0 unspecified atom stereocenters. The fourth-order valence-corrected chi connectivity index (χ4v) is 3.83. The number of hydrogen-bond acceptors (Lipinski definition) is 3. The van der Waals surface area contributed by atoms with Crippen LogP contribution in [0.15, 0.2) is 29.2 Å². The molecule has 0 saturated heterocycles. The monoisotopic (exact) mass is 340 g/mol. The molecule has 0 spiro atoms. The molecule has 0 aliphatic carbocycles. The van der Waals surface area contributed by atoms with Gasteiger partial charge in [-0.2, -0.15) is 4.31 Å². The second-order valence-electron chi connectivity index (χ2n) is 5.91. The molecule has 0 aromatic heterocycles. The van der Waals surface area contributed by atoms with E-state index in [-0.39, 0.29) is 10.8 Å². The predicted octanol–water partition coefficient (Wildman–Crippen LogP) is 2.88. The van der Waals surface area contributed by atoms with E-state index in [1.807, 2.05) is 0 Å². The SMILES string of the molecule is CCN(CC)S(=O)(=O)c1cccc(C(=O)NCCCC(C)C)c1. The fourth-order valence-electron chi connectivity index (χ4n) is 2.32. The van der Waals surface area contributed by atoms with E-state index in [1.165, 1.54) is 16.4 Å². The maximum absolute atomic E-state index is 12.5. The fraction of sp³-hybridized carbons (Fsp3) is 0.588. The summed E-state index contributed by atoms with van der Waals surface area (Å²) < 4.78 is 26.4. The van der Waals surface area contributed by atoms with Gasteiger partial charge in [0.25, 0.3) is 5.91 Å². The number of carbonyl (C=O) groups excluding carboxylic acids is 1. The van der Waals surface area contributed by atoms with Crippen molar-refractivity contribution in [2.24, 2.45) is 5.92 Å². The van der Waals surface area contributed by atoms with Crippen LogP contribution in [0.1, 0.15) is 50.9 Å². The maximum atomic E-state index is 12.5. The molecular formula is C17H28N2O3S. The van der Waals surface area contributed by atoms with E-state index in [0.29, 0.717) is 31.1 Å². The van der Waals surface area contributed by atoms with Crippen molar-refractivity contribution >= 4 is 15.9 Å². The molecule has 0 atom stereocenters. The van der Waals surface area contributed by atoms with Gasteiger partial charge in [-0.15, -0.1) is 0 Å². The van der Waals surface area contributed by atoms with Crippen LogP contribution in [0.4, 0.5) is 0 Å². The lowest BCUT2D eigenvalue weighted by atomic mass is 10.1. The second kappa shape index (κ2) is 9.03. The van der Waals surface area contributed by atoms with Gasteiger partial charge >= 0.3 is 0 Å². The van der Waals surface area contributed by atoms with Crippen molar-refractivity contribution in [2.45, 2.75) is 45.4 Å². The molecule has 0 saturated carbocycles. The Bertz CT molecular complexity index is 608. The van der Waals surface area contributed by atoms with E-state index in [0.717, 1.165) is 12.8 Å². The molecule has 0 fully saturated rings. The van der Waals surface area contributed by atoms with Crippen molar-refractivity contribution in [1.29, 1.82) is 0 Å². The van der Waals surface area contributed by atoms with Crippen LogP contribution in [-0.2, 0) is 10.0 Å². The smallest absolute Gasteiger partial charge is 0.251 e. The number of nitrogens with one attached hydrogen (secondary N) is 1. The highest BCUT2D eigenvalue weighted by molar-refractivity contribution is 7.89. The summed E-state index contributed by atoms with van der Waals surface area (Å²) >= 11 is 0. The lowest BCUT2D eigenvalue weighted by Gasteiger charge is -2.18. The van der Waals surface area contributed by atoms with Gasteiger partial charge in [-0.3, -0.25) is 4.79 Å². The van der Waals surface area contributed by atoms with Crippen LogP contribution in [0.2, 0.25) is 0 Å². The van der Waals surface area contributed by atoms with E-state index in [2.05, 4.69) is 19.2 Å². The highest BCUT2D eigenvalue weighted by Gasteiger charge is 2.22. The van der Waals surface area contributed by atoms with Crippen LogP contribution < -0.4 is 5.32 Å². The summed E-state index contributed by atoms with van der Waals surface area (Å²) in [5, 5.41) is 2.84. The summed E-state index contributed by atoms with van der Waals surface area (Å²) in [7, 11) is -3.54. The first kappa shape index (κ1) is 19.6. The summed E-state index contributed by atoms with van der Waals surface area (Å²) in [6, 6.07) is 6.23. The highest BCUT2D eigenvalue weighted by atomic mass is 32.2. The van der Waals surface area contributed by atoms with Crippen molar-refractivity contribution in [1.82, 2.24) is 9.62 Å². The first-order valence-electron chi connectivity index (χ1n) is 8.21. The number of sulfonamides is 1. The van der Waals surface area contributed by atoms with Gasteiger partial charge in [0.05, 0.1) is 4.90 Å². The van der Waals surface area contributed by atoms with Crippen molar-refractivity contribution in [3.63, 3.8) is 0 Å². The third kappa shape index (κ3) is 5.62. The van der Waals surface area contributed by atoms with Crippen LogP contribution in [0.25, 0.3) is 0 Å². The number of rotatable bonds is 9. The average Bonchev–Trinajstić information content (AvgIpc) is 2.52. The van der Waals surface area contributed by atoms with Crippen molar-refractivity contribution in [3.05, 3.63) is 29.8 Å². The third-order valence-electron chi connectivity index (χ3n) is 3.68. The van der Waals surface area contributed by atoms with Gasteiger partial charge in [0.2, 0.25) is 10.0 Å². The Kier molecular flexibility index (Phi) is 7.72. The maximum Gasteiger partial charge on any atom is 0.251 e. The van der Waals surface area contributed by atoms with Gasteiger partial charge in [-0.1, -0.05) is 33.8 Å². The van der Waals surface area contributed by atoms with Crippen LogP contribution in [0, 0.1) is 5.92 Å². The van der Waals surface area contributed by atoms with Crippen LogP contribution >= 0.6 is 0 Å². The zero-order valence-electron chi connectivity index (χ0n) is 14.5. The van der Waals surface area contributed by atoms with Gasteiger partial charge in [0, 0.05) is 25.2 Å². The zero-order valence-corrected chi connectivity index (χ0v) is 15.3. The molecule has 5 nitrogen and oxygen atoms in total. The Morgan fingerprint density at radius 1 is 1.22 bits per heavy atom. The summed E-state index contributed by atoms with van der Waals surface area (Å²) in [5.41, 5.74) is 0.378. The lowest BCUT2D eigenvalue weighted by Crippen LogP contribution is -2.31. The number of hydrogen-bond donors (Lipinski definition) is 1. The van der Waals surface area contributed by atoms with Crippen LogP contribution in [-0.4, -0.2) is 38.3 Å². The Morgan fingerprint density at radius 2 is 1.87 bits per heavy atom. The summed E-state index contributed by atoms with van der Waals surface area (Å²) in [6.45, 7) is 9.30. The van der Waals surface area contributed by atoms with Crippen LogP contribution in [0.3, 0.4) is 0 Å². The first-order valence-corrected chi connectivity index (χ1v) is 9.65. The molecule has 1 aromatic rings. The molecule has 23 heavy (non-hydrogen) atoms. The molecular weight excluding hydrogens is 312 g/mol. The highest BCUT2D eigenvalue weighted by Crippen LogP contribution is 2.17. The second-order valence-corrected chi connectivity index (χ2v) is 7.85. The Morgan fingerprint density at radius 3 is 2.43 bits per heavy atom. The van der Waals surface area contributed by atoms with Gasteiger partial charge < -0.3 is 5.32 Å².